The third-order valence-corrected chi connectivity index (χ3v) is 5.59. The van der Waals surface area contributed by atoms with E-state index in [9.17, 15) is 10.1 Å². The summed E-state index contributed by atoms with van der Waals surface area (Å²) in [6, 6.07) is 10.2. The van der Waals surface area contributed by atoms with Crippen LogP contribution in [0.1, 0.15) is 30.0 Å². The number of aromatic nitrogens is 2. The smallest absolute Gasteiger partial charge is 0.274 e. The third-order valence-electron chi connectivity index (χ3n) is 5.59. The van der Waals surface area contributed by atoms with Crippen molar-refractivity contribution in [3.05, 3.63) is 63.5 Å². The van der Waals surface area contributed by atoms with Gasteiger partial charge < -0.3 is 18.8 Å². The van der Waals surface area contributed by atoms with Crippen LogP contribution < -0.4 is 14.4 Å². The molecule has 2 heterocycles. The Balaban J connectivity index is 1.52. The molecule has 0 saturated carbocycles. The van der Waals surface area contributed by atoms with E-state index >= 15 is 0 Å². The molecule has 4 rings (SSSR count). The summed E-state index contributed by atoms with van der Waals surface area (Å²) in [6.07, 6.45) is 0.915. The Morgan fingerprint density at radius 3 is 2.40 bits per heavy atom. The summed E-state index contributed by atoms with van der Waals surface area (Å²) in [5, 5.41) is 19.2. The zero-order valence-electron chi connectivity index (χ0n) is 17.0. The van der Waals surface area contributed by atoms with Crippen LogP contribution in [0.3, 0.4) is 0 Å². The van der Waals surface area contributed by atoms with E-state index in [-0.39, 0.29) is 11.7 Å². The molecule has 1 N–H and O–H groups in total. The van der Waals surface area contributed by atoms with E-state index in [0.29, 0.717) is 17.3 Å². The molecular formula is C21H23N4O5+. The standard InChI is InChI=1S/C21H22N4O5/c1-13(20-22-23-21(30-20)14-4-6-17(7-5-14)25(26)27)24-9-8-15-10-18(28-2)19(29-3)11-16(15)12-24/h4-7,10-11,13H,8-9,12H2,1-3H3/p+1/t13-/m0/s1. The first-order valence-electron chi connectivity index (χ1n) is 9.66. The van der Waals surface area contributed by atoms with Crippen LogP contribution in [0.5, 0.6) is 11.5 Å². The first-order valence-corrected chi connectivity index (χ1v) is 9.66. The van der Waals surface area contributed by atoms with Gasteiger partial charge in [-0.05, 0) is 36.8 Å². The summed E-state index contributed by atoms with van der Waals surface area (Å²) in [7, 11) is 3.28. The molecule has 0 spiro atoms. The molecule has 9 nitrogen and oxygen atoms in total. The van der Waals surface area contributed by atoms with Gasteiger partial charge in [0.2, 0.25) is 5.89 Å². The number of hydrogen-bond donors (Lipinski definition) is 1. The molecule has 0 radical (unpaired) electrons. The summed E-state index contributed by atoms with van der Waals surface area (Å²) < 4.78 is 16.7. The normalized spacial score (nSPS) is 16.6. The van der Waals surface area contributed by atoms with Gasteiger partial charge in [-0.15, -0.1) is 10.2 Å². The predicted octanol–water partition coefficient (Wildman–Crippen LogP) is 2.36. The van der Waals surface area contributed by atoms with E-state index in [2.05, 4.69) is 23.2 Å². The topological polar surface area (TPSA) is 105 Å². The lowest BCUT2D eigenvalue weighted by Crippen LogP contribution is -3.11. The first-order chi connectivity index (χ1) is 14.5. The predicted molar refractivity (Wildman–Crippen MR) is 108 cm³/mol. The van der Waals surface area contributed by atoms with Crippen molar-refractivity contribution in [1.29, 1.82) is 0 Å². The number of nitrogens with one attached hydrogen (secondary N) is 1. The highest BCUT2D eigenvalue weighted by atomic mass is 16.6. The molecule has 9 heteroatoms. The van der Waals surface area contributed by atoms with Crippen LogP contribution in [0.25, 0.3) is 11.5 Å². The van der Waals surface area contributed by atoms with Crippen molar-refractivity contribution >= 4 is 5.69 Å². The van der Waals surface area contributed by atoms with Crippen molar-refractivity contribution in [1.82, 2.24) is 10.2 Å². The number of nitro groups is 1. The van der Waals surface area contributed by atoms with Gasteiger partial charge in [0.1, 0.15) is 6.54 Å². The fraction of sp³-hybridized carbons (Fsp3) is 0.333. The van der Waals surface area contributed by atoms with E-state index in [4.69, 9.17) is 13.9 Å². The summed E-state index contributed by atoms with van der Waals surface area (Å²) in [5.41, 5.74) is 3.16. The van der Waals surface area contributed by atoms with Crippen LogP contribution in [0.2, 0.25) is 0 Å². The molecule has 3 aromatic rings. The molecule has 156 valence electrons. The van der Waals surface area contributed by atoms with Gasteiger partial charge in [-0.3, -0.25) is 10.1 Å². The second-order valence-electron chi connectivity index (χ2n) is 7.28. The number of fused-ring (bicyclic) bond motifs is 1. The number of nitrogens with zero attached hydrogens (tertiary/aromatic N) is 3. The minimum Gasteiger partial charge on any atom is -0.493 e. The number of quaternary nitrogens is 1. The largest absolute Gasteiger partial charge is 0.493 e. The molecule has 0 aliphatic carbocycles. The van der Waals surface area contributed by atoms with E-state index in [1.807, 2.05) is 6.07 Å². The number of nitro benzene ring substituents is 1. The highest BCUT2D eigenvalue weighted by molar-refractivity contribution is 5.55. The molecule has 1 aliphatic rings. The Morgan fingerprint density at radius 2 is 1.77 bits per heavy atom. The monoisotopic (exact) mass is 411 g/mol. The highest BCUT2D eigenvalue weighted by Gasteiger charge is 2.30. The van der Waals surface area contributed by atoms with Crippen LogP contribution in [-0.2, 0) is 13.0 Å². The molecule has 1 aliphatic heterocycles. The fourth-order valence-electron chi connectivity index (χ4n) is 3.78. The summed E-state index contributed by atoms with van der Waals surface area (Å²) in [4.78, 5) is 11.7. The maximum Gasteiger partial charge on any atom is 0.274 e. The van der Waals surface area contributed by atoms with E-state index in [0.717, 1.165) is 31.0 Å². The maximum atomic E-state index is 10.8. The number of benzene rings is 2. The van der Waals surface area contributed by atoms with Crippen LogP contribution in [0.4, 0.5) is 5.69 Å². The van der Waals surface area contributed by atoms with E-state index in [1.54, 1.807) is 26.4 Å². The lowest BCUT2D eigenvalue weighted by atomic mass is 9.97. The molecule has 2 aromatic carbocycles. The molecule has 1 unspecified atom stereocenters. The van der Waals surface area contributed by atoms with Gasteiger partial charge in [0.15, 0.2) is 17.5 Å². The van der Waals surface area contributed by atoms with Crippen molar-refractivity contribution in [2.45, 2.75) is 25.9 Å². The zero-order chi connectivity index (χ0) is 21.3. The molecule has 2 atom stereocenters. The van der Waals surface area contributed by atoms with Crippen LogP contribution in [0, 0.1) is 10.1 Å². The van der Waals surface area contributed by atoms with Crippen LogP contribution in [0.15, 0.2) is 40.8 Å². The fourth-order valence-corrected chi connectivity index (χ4v) is 3.78. The first kappa shape index (κ1) is 19.8. The zero-order valence-corrected chi connectivity index (χ0v) is 17.0. The quantitative estimate of drug-likeness (QED) is 0.490. The number of ether oxygens (including phenoxy) is 2. The molecule has 0 amide bonds. The second-order valence-corrected chi connectivity index (χ2v) is 7.28. The minimum absolute atomic E-state index is 0.00513. The Morgan fingerprint density at radius 1 is 1.10 bits per heavy atom. The second kappa shape index (κ2) is 8.11. The highest BCUT2D eigenvalue weighted by Crippen LogP contribution is 2.31. The molecule has 0 saturated heterocycles. The minimum atomic E-state index is -0.437. The molecule has 0 bridgehead atoms. The average molecular weight is 411 g/mol. The lowest BCUT2D eigenvalue weighted by molar-refractivity contribution is -0.946. The molecular weight excluding hydrogens is 388 g/mol. The number of methoxy groups -OCH3 is 2. The number of rotatable bonds is 6. The van der Waals surface area contributed by atoms with Gasteiger partial charge in [-0.1, -0.05) is 0 Å². The number of non-ortho nitro benzene ring substituents is 1. The Kier molecular flexibility index (Phi) is 5.37. The van der Waals surface area contributed by atoms with Crippen LogP contribution >= 0.6 is 0 Å². The van der Waals surface area contributed by atoms with E-state index in [1.165, 1.54) is 28.2 Å². The van der Waals surface area contributed by atoms with Crippen molar-refractivity contribution < 1.29 is 23.7 Å². The van der Waals surface area contributed by atoms with Crippen LogP contribution in [-0.4, -0.2) is 35.9 Å². The third kappa shape index (κ3) is 3.71. The van der Waals surface area contributed by atoms with Gasteiger partial charge in [-0.2, -0.15) is 0 Å². The van der Waals surface area contributed by atoms with Gasteiger partial charge in [0, 0.05) is 29.7 Å². The molecule has 0 fully saturated rings. The summed E-state index contributed by atoms with van der Waals surface area (Å²) in [6.45, 7) is 3.80. The lowest BCUT2D eigenvalue weighted by Gasteiger charge is -2.29. The SMILES string of the molecule is COc1cc2c(cc1OC)C[NH+]([C@@H](C)c1nnc(-c3ccc([N+](=O)[O-])cc3)o1)CC2. The van der Waals surface area contributed by atoms with Gasteiger partial charge in [0.05, 0.1) is 25.7 Å². The van der Waals surface area contributed by atoms with Crippen molar-refractivity contribution in [3.63, 3.8) is 0 Å². The van der Waals surface area contributed by atoms with Crippen molar-refractivity contribution in [2.75, 3.05) is 20.8 Å². The molecule has 30 heavy (non-hydrogen) atoms. The maximum absolute atomic E-state index is 10.8. The summed E-state index contributed by atoms with van der Waals surface area (Å²) >= 11 is 0. The number of hydrogen-bond acceptors (Lipinski definition) is 7. The van der Waals surface area contributed by atoms with Crippen molar-refractivity contribution in [2.24, 2.45) is 0 Å². The van der Waals surface area contributed by atoms with Gasteiger partial charge in [-0.25, -0.2) is 0 Å². The summed E-state index contributed by atoms with van der Waals surface area (Å²) in [5.74, 6) is 2.37. The Hall–Kier alpha value is -3.46. The molecule has 1 aromatic heterocycles. The van der Waals surface area contributed by atoms with Crippen molar-refractivity contribution in [3.8, 4) is 23.0 Å². The average Bonchev–Trinajstić information content (AvgIpc) is 3.27. The Labute approximate surface area is 173 Å². The Bertz CT molecular complexity index is 1060. The van der Waals surface area contributed by atoms with Gasteiger partial charge >= 0.3 is 0 Å². The van der Waals surface area contributed by atoms with E-state index < -0.39 is 4.92 Å². The van der Waals surface area contributed by atoms with Gasteiger partial charge in [0.25, 0.3) is 11.6 Å².